The van der Waals surface area contributed by atoms with E-state index in [1.54, 1.807) is 4.90 Å². The highest BCUT2D eigenvalue weighted by atomic mass is 32.2. The standard InChI is InChI=1S/C20H24FN3O3S/c1-23-11-13-24(14-12-23)20(25)19(15-16-5-3-2-4-6-16)22-28(26,27)18-9-7-17(21)8-10-18/h2-10,19,22H,11-15H2,1H3. The van der Waals surface area contributed by atoms with E-state index in [0.717, 1.165) is 30.8 Å². The van der Waals surface area contributed by atoms with Gasteiger partial charge in [0.1, 0.15) is 11.9 Å². The van der Waals surface area contributed by atoms with Crippen LogP contribution >= 0.6 is 0 Å². The summed E-state index contributed by atoms with van der Waals surface area (Å²) in [6.45, 7) is 2.60. The lowest BCUT2D eigenvalue weighted by Gasteiger charge is -2.34. The zero-order chi connectivity index (χ0) is 20.1. The molecule has 1 N–H and O–H groups in total. The Morgan fingerprint density at radius 3 is 2.25 bits per heavy atom. The lowest BCUT2D eigenvalue weighted by atomic mass is 10.1. The summed E-state index contributed by atoms with van der Waals surface area (Å²) >= 11 is 0. The van der Waals surface area contributed by atoms with E-state index in [4.69, 9.17) is 0 Å². The third-order valence-electron chi connectivity index (χ3n) is 4.82. The number of carbonyl (C=O) groups is 1. The van der Waals surface area contributed by atoms with E-state index in [-0.39, 0.29) is 17.2 Å². The van der Waals surface area contributed by atoms with Crippen LogP contribution < -0.4 is 4.72 Å². The Kier molecular flexibility index (Phi) is 6.43. The molecule has 0 aliphatic carbocycles. The first-order valence-corrected chi connectivity index (χ1v) is 10.6. The van der Waals surface area contributed by atoms with E-state index in [2.05, 4.69) is 9.62 Å². The van der Waals surface area contributed by atoms with Gasteiger partial charge in [-0.05, 0) is 43.3 Å². The monoisotopic (exact) mass is 405 g/mol. The van der Waals surface area contributed by atoms with Gasteiger partial charge in [-0.25, -0.2) is 12.8 Å². The molecular formula is C20H24FN3O3S. The second-order valence-electron chi connectivity index (χ2n) is 6.95. The molecule has 0 bridgehead atoms. The number of halogens is 1. The number of likely N-dealkylation sites (N-methyl/N-ethyl adjacent to an activating group) is 1. The van der Waals surface area contributed by atoms with Gasteiger partial charge in [-0.1, -0.05) is 30.3 Å². The largest absolute Gasteiger partial charge is 0.339 e. The van der Waals surface area contributed by atoms with Gasteiger partial charge < -0.3 is 9.80 Å². The van der Waals surface area contributed by atoms with Crippen molar-refractivity contribution < 1.29 is 17.6 Å². The Labute approximate surface area is 165 Å². The minimum atomic E-state index is -3.97. The highest BCUT2D eigenvalue weighted by Crippen LogP contribution is 2.14. The first kappa shape index (κ1) is 20.4. The second-order valence-corrected chi connectivity index (χ2v) is 8.66. The van der Waals surface area contributed by atoms with Gasteiger partial charge in [0.25, 0.3) is 0 Å². The fourth-order valence-electron chi connectivity index (χ4n) is 3.15. The van der Waals surface area contributed by atoms with Crippen LogP contribution in [-0.2, 0) is 21.2 Å². The molecule has 2 aromatic rings. The number of amides is 1. The van der Waals surface area contributed by atoms with Crippen molar-refractivity contribution in [1.82, 2.24) is 14.5 Å². The maximum Gasteiger partial charge on any atom is 0.241 e. The van der Waals surface area contributed by atoms with Gasteiger partial charge in [-0.3, -0.25) is 4.79 Å². The van der Waals surface area contributed by atoms with E-state index in [1.165, 1.54) is 12.1 Å². The van der Waals surface area contributed by atoms with Crippen LogP contribution in [0.25, 0.3) is 0 Å². The molecule has 0 radical (unpaired) electrons. The molecule has 6 nitrogen and oxygen atoms in total. The van der Waals surface area contributed by atoms with Crippen LogP contribution in [0.3, 0.4) is 0 Å². The van der Waals surface area contributed by atoms with Gasteiger partial charge in [0.15, 0.2) is 0 Å². The average Bonchev–Trinajstić information content (AvgIpc) is 2.68. The summed E-state index contributed by atoms with van der Waals surface area (Å²) < 4.78 is 41.2. The van der Waals surface area contributed by atoms with Crippen LogP contribution in [0.15, 0.2) is 59.5 Å². The Morgan fingerprint density at radius 1 is 1.04 bits per heavy atom. The summed E-state index contributed by atoms with van der Waals surface area (Å²) in [5.41, 5.74) is 0.858. The molecule has 8 heteroatoms. The highest BCUT2D eigenvalue weighted by molar-refractivity contribution is 7.89. The Balaban J connectivity index is 1.83. The number of benzene rings is 2. The van der Waals surface area contributed by atoms with Crippen molar-refractivity contribution in [1.29, 1.82) is 0 Å². The highest BCUT2D eigenvalue weighted by Gasteiger charge is 2.30. The van der Waals surface area contributed by atoms with Crippen LogP contribution in [0.5, 0.6) is 0 Å². The first-order valence-electron chi connectivity index (χ1n) is 9.14. The Morgan fingerprint density at radius 2 is 1.64 bits per heavy atom. The van der Waals surface area contributed by atoms with Gasteiger partial charge >= 0.3 is 0 Å². The van der Waals surface area contributed by atoms with E-state index in [1.807, 2.05) is 37.4 Å². The molecule has 0 saturated carbocycles. The molecule has 1 atom stereocenters. The van der Waals surface area contributed by atoms with E-state index in [0.29, 0.717) is 13.1 Å². The molecule has 1 unspecified atom stereocenters. The third kappa shape index (κ3) is 5.15. The third-order valence-corrected chi connectivity index (χ3v) is 6.30. The maximum absolute atomic E-state index is 13.1. The SMILES string of the molecule is CN1CCN(C(=O)C(Cc2ccccc2)NS(=O)(=O)c2ccc(F)cc2)CC1. The summed E-state index contributed by atoms with van der Waals surface area (Å²) in [6.07, 6.45) is 0.242. The molecule has 2 aromatic carbocycles. The van der Waals surface area contributed by atoms with Gasteiger partial charge in [0, 0.05) is 26.2 Å². The van der Waals surface area contributed by atoms with Crippen LogP contribution in [-0.4, -0.2) is 63.4 Å². The summed E-state index contributed by atoms with van der Waals surface area (Å²) in [5, 5.41) is 0. The number of piperazine rings is 1. The fraction of sp³-hybridized carbons (Fsp3) is 0.350. The smallest absolute Gasteiger partial charge is 0.241 e. The van der Waals surface area contributed by atoms with Gasteiger partial charge in [-0.15, -0.1) is 0 Å². The van der Waals surface area contributed by atoms with Crippen molar-refractivity contribution in [2.24, 2.45) is 0 Å². The van der Waals surface area contributed by atoms with Crippen LogP contribution in [0.1, 0.15) is 5.56 Å². The summed E-state index contributed by atoms with van der Waals surface area (Å²) in [5.74, 6) is -0.768. The average molecular weight is 405 g/mol. The lowest BCUT2D eigenvalue weighted by Crippen LogP contribution is -2.54. The van der Waals surface area contributed by atoms with Gasteiger partial charge in [0.05, 0.1) is 4.90 Å². The van der Waals surface area contributed by atoms with Gasteiger partial charge in [-0.2, -0.15) is 4.72 Å². The van der Waals surface area contributed by atoms with Crippen LogP contribution in [0.4, 0.5) is 4.39 Å². The van der Waals surface area contributed by atoms with E-state index >= 15 is 0 Å². The maximum atomic E-state index is 13.1. The summed E-state index contributed by atoms with van der Waals surface area (Å²) in [4.78, 5) is 16.8. The molecule has 1 amide bonds. The first-order chi connectivity index (χ1) is 13.3. The number of hydrogen-bond donors (Lipinski definition) is 1. The zero-order valence-electron chi connectivity index (χ0n) is 15.7. The summed E-state index contributed by atoms with van der Waals surface area (Å²) in [6, 6.07) is 12.9. The minimum absolute atomic E-state index is 0.0712. The predicted molar refractivity (Wildman–Crippen MR) is 105 cm³/mol. The minimum Gasteiger partial charge on any atom is -0.339 e. The molecule has 0 spiro atoms. The van der Waals surface area contributed by atoms with E-state index < -0.39 is 21.9 Å². The number of rotatable bonds is 6. The van der Waals surface area contributed by atoms with Crippen molar-refractivity contribution in [2.45, 2.75) is 17.4 Å². The number of nitrogens with one attached hydrogen (secondary N) is 1. The number of sulfonamides is 1. The van der Waals surface area contributed by atoms with Crippen LogP contribution in [0, 0.1) is 5.82 Å². The molecule has 1 heterocycles. The van der Waals surface area contributed by atoms with Crippen LogP contribution in [0.2, 0.25) is 0 Å². The predicted octanol–water partition coefficient (Wildman–Crippen LogP) is 1.49. The number of nitrogens with zero attached hydrogens (tertiary/aromatic N) is 2. The normalized spacial score (nSPS) is 16.7. The molecule has 1 fully saturated rings. The topological polar surface area (TPSA) is 69.7 Å². The molecule has 0 aromatic heterocycles. The fourth-order valence-corrected chi connectivity index (χ4v) is 4.33. The van der Waals surface area contributed by atoms with Crippen molar-refractivity contribution >= 4 is 15.9 Å². The van der Waals surface area contributed by atoms with E-state index in [9.17, 15) is 17.6 Å². The van der Waals surface area contributed by atoms with Crippen molar-refractivity contribution in [3.8, 4) is 0 Å². The quantitative estimate of drug-likeness (QED) is 0.791. The Hall–Kier alpha value is -2.29. The molecule has 1 saturated heterocycles. The lowest BCUT2D eigenvalue weighted by molar-refractivity contribution is -0.134. The number of carbonyl (C=O) groups excluding carboxylic acids is 1. The molecule has 150 valence electrons. The summed E-state index contributed by atoms with van der Waals surface area (Å²) in [7, 11) is -1.98. The Bertz CT molecular complexity index is 896. The second kappa shape index (κ2) is 8.81. The van der Waals surface area contributed by atoms with Crippen molar-refractivity contribution in [3.05, 3.63) is 66.0 Å². The van der Waals surface area contributed by atoms with Crippen molar-refractivity contribution in [3.63, 3.8) is 0 Å². The van der Waals surface area contributed by atoms with Gasteiger partial charge in [0.2, 0.25) is 15.9 Å². The molecule has 3 rings (SSSR count). The molecular weight excluding hydrogens is 381 g/mol. The number of hydrogen-bond acceptors (Lipinski definition) is 4. The van der Waals surface area contributed by atoms with Crippen molar-refractivity contribution in [2.75, 3.05) is 33.2 Å². The molecule has 1 aliphatic rings. The molecule has 28 heavy (non-hydrogen) atoms. The zero-order valence-corrected chi connectivity index (χ0v) is 16.5. The molecule has 1 aliphatic heterocycles.